The minimum absolute atomic E-state index is 0.0447. The first-order valence-electron chi connectivity index (χ1n) is 22.5. The number of ether oxygens (including phenoxy) is 8. The molecule has 0 saturated carbocycles. The molecule has 0 bridgehead atoms. The van der Waals surface area contributed by atoms with E-state index >= 15 is 0 Å². The molecule has 4 rings (SSSR count). The maximum atomic E-state index is 12.7. The molecule has 24 heteroatoms. The summed E-state index contributed by atoms with van der Waals surface area (Å²) in [5.41, 5.74) is 1.13. The molecule has 0 saturated heterocycles. The predicted octanol–water partition coefficient (Wildman–Crippen LogP) is 5.51. The Morgan fingerprint density at radius 1 is 0.417 bits per heavy atom. The standard InChI is InChI=1S/C48H52N2O22/c1-31(33-11-13-37-25-39(17-15-35(37)23-33)71-41(51)9-5-3-7-19-69-49(59)60)47(57)67-29-45(55)65-27-43(53)63-21-22-64-44(54)28-66-46(56)30-68-48(58)32(2)34-12-14-38-26-40(18-16-36(38)24-34)72-42(52)10-6-4-8-20-70-50(61)62/h11-18,23-26,31-32H,3-10,19-22,27-30H2,1-2H3. The number of hydrogen-bond donors (Lipinski definition) is 0. The van der Waals surface area contributed by atoms with Gasteiger partial charge in [-0.3, -0.25) is 19.2 Å². The monoisotopic (exact) mass is 1010 g/mol. The zero-order valence-electron chi connectivity index (χ0n) is 39.3. The maximum Gasteiger partial charge on any atom is 0.344 e. The molecule has 0 N–H and O–H groups in total. The normalized spacial score (nSPS) is 11.5. The molecule has 72 heavy (non-hydrogen) atoms. The van der Waals surface area contributed by atoms with Crippen LogP contribution < -0.4 is 9.47 Å². The summed E-state index contributed by atoms with van der Waals surface area (Å²) >= 11 is 0. The van der Waals surface area contributed by atoms with E-state index in [0.717, 1.165) is 21.5 Å². The molecule has 0 aliphatic rings. The van der Waals surface area contributed by atoms with Crippen molar-refractivity contribution in [3.8, 4) is 11.5 Å². The van der Waals surface area contributed by atoms with Gasteiger partial charge in [-0.25, -0.2) is 19.2 Å². The Morgan fingerprint density at radius 3 is 1.15 bits per heavy atom. The van der Waals surface area contributed by atoms with E-state index in [9.17, 15) is 58.6 Å². The Morgan fingerprint density at radius 2 is 0.764 bits per heavy atom. The van der Waals surface area contributed by atoms with Crippen molar-refractivity contribution in [2.24, 2.45) is 0 Å². The van der Waals surface area contributed by atoms with Crippen molar-refractivity contribution >= 4 is 69.3 Å². The van der Waals surface area contributed by atoms with E-state index in [0.29, 0.717) is 61.2 Å². The summed E-state index contributed by atoms with van der Waals surface area (Å²) in [4.78, 5) is 127. The highest BCUT2D eigenvalue weighted by molar-refractivity contribution is 5.89. The van der Waals surface area contributed by atoms with Crippen molar-refractivity contribution in [3.63, 3.8) is 0 Å². The zero-order valence-corrected chi connectivity index (χ0v) is 39.3. The number of carbonyl (C=O) groups excluding carboxylic acids is 8. The van der Waals surface area contributed by atoms with Crippen LogP contribution >= 0.6 is 0 Å². The lowest BCUT2D eigenvalue weighted by atomic mass is 9.98. The molecule has 4 aromatic carbocycles. The highest BCUT2D eigenvalue weighted by Crippen LogP contribution is 2.28. The minimum Gasteiger partial charge on any atom is -0.460 e. The number of hydrogen-bond acceptors (Lipinski definition) is 22. The third-order valence-corrected chi connectivity index (χ3v) is 10.3. The highest BCUT2D eigenvalue weighted by Gasteiger charge is 2.22. The third kappa shape index (κ3) is 20.7. The van der Waals surface area contributed by atoms with Crippen molar-refractivity contribution < 1.29 is 96.1 Å². The lowest BCUT2D eigenvalue weighted by Gasteiger charge is -2.13. The van der Waals surface area contributed by atoms with Gasteiger partial charge in [0.15, 0.2) is 26.4 Å². The van der Waals surface area contributed by atoms with Crippen LogP contribution in [0.25, 0.3) is 21.5 Å². The number of esters is 8. The molecule has 0 aromatic heterocycles. The van der Waals surface area contributed by atoms with Crippen LogP contribution in [-0.2, 0) is 76.5 Å². The Bertz CT molecular complexity index is 2400. The summed E-state index contributed by atoms with van der Waals surface area (Å²) in [5, 5.41) is 21.5. The second-order valence-corrected chi connectivity index (χ2v) is 15.6. The first kappa shape index (κ1) is 56.2. The van der Waals surface area contributed by atoms with E-state index in [4.69, 9.17) is 37.9 Å². The molecule has 0 spiro atoms. The average Bonchev–Trinajstić information content (AvgIpc) is 3.35. The van der Waals surface area contributed by atoms with Gasteiger partial charge in [-0.05, 0) is 96.5 Å². The molecule has 386 valence electrons. The Hall–Kier alpha value is -8.44. The van der Waals surface area contributed by atoms with Gasteiger partial charge in [0.25, 0.3) is 10.2 Å². The quantitative estimate of drug-likeness (QED) is 0.0150. The van der Waals surface area contributed by atoms with Crippen LogP contribution in [0.3, 0.4) is 0 Å². The smallest absolute Gasteiger partial charge is 0.344 e. The van der Waals surface area contributed by atoms with Crippen molar-refractivity contribution in [1.82, 2.24) is 0 Å². The SMILES string of the molecule is CC(C(=O)OCC(=O)OCC(=O)OCCOC(=O)COC(=O)COC(=O)C(C)c1ccc2cc(OC(=O)CCCCCO[N+](=O)[O-])ccc2c1)c1ccc2cc(OC(=O)CCCCCO[N+](=O)[O-])ccc2c1. The molecule has 0 heterocycles. The summed E-state index contributed by atoms with van der Waals surface area (Å²) < 4.78 is 40.1. The highest BCUT2D eigenvalue weighted by atomic mass is 17.0. The van der Waals surface area contributed by atoms with Crippen LogP contribution in [0.2, 0.25) is 0 Å². The van der Waals surface area contributed by atoms with Crippen molar-refractivity contribution in [1.29, 1.82) is 0 Å². The Kier molecular flexibility index (Phi) is 23.1. The van der Waals surface area contributed by atoms with Crippen LogP contribution in [0.5, 0.6) is 11.5 Å². The summed E-state index contributed by atoms with van der Waals surface area (Å²) in [6, 6.07) is 20.1. The second-order valence-electron chi connectivity index (χ2n) is 15.6. The van der Waals surface area contributed by atoms with Gasteiger partial charge >= 0.3 is 47.8 Å². The minimum atomic E-state index is -1.04. The number of unbranched alkanes of at least 4 members (excludes halogenated alkanes) is 4. The third-order valence-electron chi connectivity index (χ3n) is 10.3. The largest absolute Gasteiger partial charge is 0.460 e. The molecule has 0 aliphatic heterocycles. The molecule has 4 aromatic rings. The number of carbonyl (C=O) groups is 8. The van der Waals surface area contributed by atoms with Crippen molar-refractivity contribution in [2.75, 3.05) is 52.9 Å². The Balaban J connectivity index is 1.04. The molecule has 0 fully saturated rings. The van der Waals surface area contributed by atoms with E-state index in [2.05, 4.69) is 9.68 Å². The van der Waals surface area contributed by atoms with Gasteiger partial charge in [0.1, 0.15) is 24.7 Å². The number of rotatable bonds is 31. The van der Waals surface area contributed by atoms with E-state index in [1.807, 2.05) is 0 Å². The van der Waals surface area contributed by atoms with Gasteiger partial charge in [-0.1, -0.05) is 61.4 Å². The summed E-state index contributed by atoms with van der Waals surface area (Å²) in [6.07, 6.45) is 3.15. The summed E-state index contributed by atoms with van der Waals surface area (Å²) in [5.74, 6) is -7.48. The fourth-order valence-corrected chi connectivity index (χ4v) is 6.43. The van der Waals surface area contributed by atoms with Gasteiger partial charge in [0, 0.05) is 12.8 Å². The second kappa shape index (κ2) is 29.6. The summed E-state index contributed by atoms with van der Waals surface area (Å²) in [7, 11) is 0. The lowest BCUT2D eigenvalue weighted by molar-refractivity contribution is -0.757. The van der Waals surface area contributed by atoms with E-state index in [1.165, 1.54) is 0 Å². The van der Waals surface area contributed by atoms with E-state index in [-0.39, 0.29) is 26.1 Å². The summed E-state index contributed by atoms with van der Waals surface area (Å²) in [6.45, 7) is -1.11. The number of nitrogens with zero attached hydrogens (tertiary/aromatic N) is 2. The fraction of sp³-hybridized carbons (Fsp3) is 0.417. The lowest BCUT2D eigenvalue weighted by Crippen LogP contribution is -2.25. The predicted molar refractivity (Wildman–Crippen MR) is 245 cm³/mol. The average molecular weight is 1010 g/mol. The molecule has 0 radical (unpaired) electrons. The van der Waals surface area contributed by atoms with Gasteiger partial charge in [0.05, 0.1) is 25.0 Å². The number of benzene rings is 4. The molecule has 0 amide bonds. The van der Waals surface area contributed by atoms with Crippen LogP contribution in [0.1, 0.15) is 88.2 Å². The molecule has 24 nitrogen and oxygen atoms in total. The molecule has 0 aliphatic carbocycles. The Labute approximate surface area is 410 Å². The number of fused-ring (bicyclic) bond motifs is 2. The van der Waals surface area contributed by atoms with Gasteiger partial charge < -0.3 is 47.6 Å². The molecule has 2 atom stereocenters. The maximum absolute atomic E-state index is 12.7. The molecule has 2 unspecified atom stereocenters. The topological polar surface area (TPSA) is 315 Å². The van der Waals surface area contributed by atoms with Gasteiger partial charge in [-0.2, -0.15) is 0 Å². The first-order valence-corrected chi connectivity index (χ1v) is 22.5. The van der Waals surface area contributed by atoms with E-state index < -0.39 is 109 Å². The van der Waals surface area contributed by atoms with Crippen molar-refractivity contribution in [3.05, 3.63) is 104 Å². The van der Waals surface area contributed by atoms with Crippen LogP contribution in [-0.4, -0.2) is 111 Å². The molecular weight excluding hydrogens is 957 g/mol. The van der Waals surface area contributed by atoms with Crippen LogP contribution in [0, 0.1) is 20.2 Å². The zero-order chi connectivity index (χ0) is 52.4. The van der Waals surface area contributed by atoms with Gasteiger partial charge in [0.2, 0.25) is 0 Å². The molecular formula is C48H52N2O22. The van der Waals surface area contributed by atoms with Crippen LogP contribution in [0.4, 0.5) is 0 Å². The van der Waals surface area contributed by atoms with Crippen LogP contribution in [0.15, 0.2) is 72.8 Å². The van der Waals surface area contributed by atoms with Crippen molar-refractivity contribution in [2.45, 2.75) is 77.0 Å². The first-order chi connectivity index (χ1) is 34.5. The van der Waals surface area contributed by atoms with E-state index in [1.54, 1.807) is 86.6 Å². The fourth-order valence-electron chi connectivity index (χ4n) is 6.43. The van der Waals surface area contributed by atoms with Gasteiger partial charge in [-0.15, -0.1) is 20.2 Å².